The van der Waals surface area contributed by atoms with E-state index in [1.165, 1.54) is 31.2 Å². The maximum Gasteiger partial charge on any atom is 0.0245 e. The lowest BCUT2D eigenvalue weighted by atomic mass is 9.78. The van der Waals surface area contributed by atoms with Gasteiger partial charge in [-0.3, -0.25) is 0 Å². The molecule has 2 fully saturated rings. The van der Waals surface area contributed by atoms with Crippen molar-refractivity contribution in [2.75, 3.05) is 0 Å². The van der Waals surface area contributed by atoms with Crippen LogP contribution < -0.4 is 0 Å². The summed E-state index contributed by atoms with van der Waals surface area (Å²) < 4.78 is 0. The van der Waals surface area contributed by atoms with Crippen molar-refractivity contribution < 1.29 is 0 Å². The highest BCUT2D eigenvalue weighted by Gasteiger charge is 2.56. The minimum Gasteiger partial charge on any atom is -0.115 e. The highest BCUT2D eigenvalue weighted by Crippen LogP contribution is 2.63. The van der Waals surface area contributed by atoms with Gasteiger partial charge in [-0.2, -0.15) is 0 Å². The molecule has 3 atom stereocenters. The molecule has 2 aliphatic carbocycles. The van der Waals surface area contributed by atoms with Gasteiger partial charge in [-0.1, -0.05) is 25.0 Å². The van der Waals surface area contributed by atoms with Crippen LogP contribution in [0.5, 0.6) is 0 Å². The van der Waals surface area contributed by atoms with Crippen LogP contribution in [0, 0.1) is 24.2 Å². The van der Waals surface area contributed by atoms with E-state index < -0.39 is 0 Å². The van der Waals surface area contributed by atoms with Gasteiger partial charge in [-0.25, -0.2) is 0 Å². The summed E-state index contributed by atoms with van der Waals surface area (Å²) in [6, 6.07) is 8.66. The first-order valence-electron chi connectivity index (χ1n) is 6.32. The molecule has 0 heterocycles. The Balaban J connectivity index is 1.91. The standard InChI is InChI=1S/C16H18/c1-3-13-5-4-6-14(10-13)16-8-7-12(2)9-15(16)11-16/h1,4-6,10,12,15H,7-9,11H2,2H3/t12-,15?,16?/m0/s1. The van der Waals surface area contributed by atoms with Gasteiger partial charge in [0.25, 0.3) is 0 Å². The van der Waals surface area contributed by atoms with Crippen LogP contribution >= 0.6 is 0 Å². The zero-order valence-corrected chi connectivity index (χ0v) is 9.87. The second kappa shape index (κ2) is 3.39. The van der Waals surface area contributed by atoms with Gasteiger partial charge < -0.3 is 0 Å². The van der Waals surface area contributed by atoms with Crippen molar-refractivity contribution in [3.63, 3.8) is 0 Å². The Morgan fingerprint density at radius 3 is 3.06 bits per heavy atom. The highest BCUT2D eigenvalue weighted by atomic mass is 14.6. The van der Waals surface area contributed by atoms with Crippen LogP contribution in [-0.4, -0.2) is 0 Å². The second-order valence-corrected chi connectivity index (χ2v) is 5.66. The van der Waals surface area contributed by atoms with Crippen molar-refractivity contribution in [1.82, 2.24) is 0 Å². The fourth-order valence-corrected chi connectivity index (χ4v) is 3.52. The summed E-state index contributed by atoms with van der Waals surface area (Å²) in [5.41, 5.74) is 3.05. The first kappa shape index (κ1) is 9.97. The predicted octanol–water partition coefficient (Wildman–Crippen LogP) is 3.75. The number of hydrogen-bond donors (Lipinski definition) is 0. The highest BCUT2D eigenvalue weighted by molar-refractivity contribution is 5.42. The van der Waals surface area contributed by atoms with E-state index in [0.29, 0.717) is 5.41 Å². The van der Waals surface area contributed by atoms with Gasteiger partial charge >= 0.3 is 0 Å². The molecule has 1 aromatic carbocycles. The minimum absolute atomic E-state index is 0.513. The average Bonchev–Trinajstić information content (AvgIpc) is 3.04. The van der Waals surface area contributed by atoms with Crippen molar-refractivity contribution in [3.05, 3.63) is 35.4 Å². The fraction of sp³-hybridized carbons (Fsp3) is 0.500. The second-order valence-electron chi connectivity index (χ2n) is 5.66. The molecule has 0 spiro atoms. The molecule has 0 bridgehead atoms. The molecule has 2 saturated carbocycles. The fourth-order valence-electron chi connectivity index (χ4n) is 3.52. The van der Waals surface area contributed by atoms with E-state index in [1.54, 1.807) is 0 Å². The molecular formula is C16H18. The van der Waals surface area contributed by atoms with Crippen LogP contribution in [0.1, 0.15) is 43.7 Å². The quantitative estimate of drug-likeness (QED) is 0.619. The SMILES string of the molecule is C#Cc1cccc(C23CC[C@H](C)CC2C3)c1. The van der Waals surface area contributed by atoms with Crippen molar-refractivity contribution in [3.8, 4) is 12.3 Å². The Kier molecular flexibility index (Phi) is 2.11. The van der Waals surface area contributed by atoms with Gasteiger partial charge in [-0.15, -0.1) is 6.42 Å². The van der Waals surface area contributed by atoms with Gasteiger partial charge in [0.1, 0.15) is 0 Å². The molecule has 82 valence electrons. The van der Waals surface area contributed by atoms with E-state index in [-0.39, 0.29) is 0 Å². The summed E-state index contributed by atoms with van der Waals surface area (Å²) >= 11 is 0. The maximum absolute atomic E-state index is 5.48. The zero-order valence-electron chi connectivity index (χ0n) is 9.87. The third kappa shape index (κ3) is 1.39. The number of benzene rings is 1. The van der Waals surface area contributed by atoms with Gasteiger partial charge in [0.2, 0.25) is 0 Å². The largest absolute Gasteiger partial charge is 0.115 e. The van der Waals surface area contributed by atoms with E-state index >= 15 is 0 Å². The van der Waals surface area contributed by atoms with Crippen molar-refractivity contribution >= 4 is 0 Å². The predicted molar refractivity (Wildman–Crippen MR) is 67.2 cm³/mol. The monoisotopic (exact) mass is 210 g/mol. The molecule has 0 saturated heterocycles. The lowest BCUT2D eigenvalue weighted by molar-refractivity contribution is 0.337. The molecule has 0 heteroatoms. The third-order valence-electron chi connectivity index (χ3n) is 4.61. The molecule has 0 radical (unpaired) electrons. The van der Waals surface area contributed by atoms with Crippen molar-refractivity contribution in [2.45, 2.75) is 38.0 Å². The van der Waals surface area contributed by atoms with Gasteiger partial charge in [0.05, 0.1) is 0 Å². The Hall–Kier alpha value is -1.22. The number of terminal acetylenes is 1. The zero-order chi connectivity index (χ0) is 11.2. The molecule has 0 N–H and O–H groups in total. The molecule has 3 rings (SSSR count). The summed E-state index contributed by atoms with van der Waals surface area (Å²) in [6.07, 6.45) is 11.0. The van der Waals surface area contributed by atoms with E-state index in [0.717, 1.165) is 17.4 Å². The number of rotatable bonds is 1. The third-order valence-corrected chi connectivity index (χ3v) is 4.61. The van der Waals surface area contributed by atoms with Crippen LogP contribution in [0.3, 0.4) is 0 Å². The van der Waals surface area contributed by atoms with Crippen molar-refractivity contribution in [2.24, 2.45) is 11.8 Å². The Labute approximate surface area is 98.1 Å². The molecule has 16 heavy (non-hydrogen) atoms. The van der Waals surface area contributed by atoms with E-state index in [2.05, 4.69) is 31.0 Å². The van der Waals surface area contributed by atoms with Crippen LogP contribution in [0.2, 0.25) is 0 Å². The van der Waals surface area contributed by atoms with Crippen LogP contribution in [0.4, 0.5) is 0 Å². The average molecular weight is 210 g/mol. The topological polar surface area (TPSA) is 0 Å². The van der Waals surface area contributed by atoms with Gasteiger partial charge in [0, 0.05) is 5.56 Å². The Morgan fingerprint density at radius 2 is 2.31 bits per heavy atom. The lowest BCUT2D eigenvalue weighted by Crippen LogP contribution is -2.18. The number of fused-ring (bicyclic) bond motifs is 1. The van der Waals surface area contributed by atoms with Crippen LogP contribution in [-0.2, 0) is 5.41 Å². The summed E-state index contributed by atoms with van der Waals surface area (Å²) in [4.78, 5) is 0. The first-order chi connectivity index (χ1) is 7.74. The molecule has 0 aliphatic heterocycles. The van der Waals surface area contributed by atoms with Crippen molar-refractivity contribution in [1.29, 1.82) is 0 Å². The van der Waals surface area contributed by atoms with Gasteiger partial charge in [-0.05, 0) is 60.6 Å². The Morgan fingerprint density at radius 1 is 1.44 bits per heavy atom. The Bertz CT molecular complexity index is 451. The number of hydrogen-bond acceptors (Lipinski definition) is 0. The first-order valence-corrected chi connectivity index (χ1v) is 6.32. The molecule has 0 aromatic heterocycles. The maximum atomic E-state index is 5.48. The molecule has 2 unspecified atom stereocenters. The molecule has 1 aromatic rings. The summed E-state index contributed by atoms with van der Waals surface area (Å²) in [5, 5.41) is 0. The molecular weight excluding hydrogens is 192 g/mol. The minimum atomic E-state index is 0.513. The smallest absolute Gasteiger partial charge is 0.0245 e. The van der Waals surface area contributed by atoms with Crippen LogP contribution in [0.25, 0.3) is 0 Å². The van der Waals surface area contributed by atoms with Crippen LogP contribution in [0.15, 0.2) is 24.3 Å². The molecule has 0 amide bonds. The summed E-state index contributed by atoms with van der Waals surface area (Å²) in [7, 11) is 0. The molecule has 2 aliphatic rings. The van der Waals surface area contributed by atoms with E-state index in [4.69, 9.17) is 6.42 Å². The summed E-state index contributed by atoms with van der Waals surface area (Å²) in [6.45, 7) is 2.39. The van der Waals surface area contributed by atoms with Gasteiger partial charge in [0.15, 0.2) is 0 Å². The normalized spacial score (nSPS) is 36.2. The lowest BCUT2D eigenvalue weighted by Gasteiger charge is -2.26. The summed E-state index contributed by atoms with van der Waals surface area (Å²) in [5.74, 6) is 4.61. The molecule has 0 nitrogen and oxygen atoms in total. The van der Waals surface area contributed by atoms with E-state index in [1.807, 2.05) is 6.07 Å². The van der Waals surface area contributed by atoms with E-state index in [9.17, 15) is 0 Å².